The lowest BCUT2D eigenvalue weighted by Crippen LogP contribution is -2.27. The largest absolute Gasteiger partial charge is 0.493 e. The molecule has 2 aromatic carbocycles. The van der Waals surface area contributed by atoms with Gasteiger partial charge in [0.05, 0.1) is 49.9 Å². The minimum atomic E-state index is -0.356. The number of methoxy groups -OCH3 is 3. The van der Waals surface area contributed by atoms with Crippen molar-refractivity contribution >= 4 is 40.1 Å². The zero-order valence-electron chi connectivity index (χ0n) is 18.8. The van der Waals surface area contributed by atoms with E-state index in [9.17, 15) is 9.59 Å². The number of nitrogens with zero attached hydrogens (tertiary/aromatic N) is 1. The minimum absolute atomic E-state index is 0.0853. The molecule has 2 N–H and O–H groups in total. The third-order valence-corrected chi connectivity index (χ3v) is 5.74. The van der Waals surface area contributed by atoms with Crippen molar-refractivity contribution in [3.63, 3.8) is 0 Å². The molecule has 174 valence electrons. The lowest BCUT2D eigenvalue weighted by Gasteiger charge is -2.10. The van der Waals surface area contributed by atoms with Crippen molar-refractivity contribution in [3.8, 4) is 11.5 Å². The first-order valence-electron chi connectivity index (χ1n) is 10.3. The molecule has 0 saturated heterocycles. The second kappa shape index (κ2) is 12.0. The lowest BCUT2D eigenvalue weighted by atomic mass is 10.1. The fourth-order valence-electron chi connectivity index (χ4n) is 3.16. The van der Waals surface area contributed by atoms with E-state index in [0.717, 1.165) is 16.9 Å². The van der Waals surface area contributed by atoms with Crippen LogP contribution in [0.2, 0.25) is 0 Å². The van der Waals surface area contributed by atoms with Crippen LogP contribution in [0.15, 0.2) is 59.2 Å². The predicted molar refractivity (Wildman–Crippen MR) is 131 cm³/mol. The summed E-state index contributed by atoms with van der Waals surface area (Å²) in [6, 6.07) is 13.2. The molecule has 0 fully saturated rings. The smallest absolute Gasteiger partial charge is 0.311 e. The Hall–Kier alpha value is -3.46. The minimum Gasteiger partial charge on any atom is -0.493 e. The molecule has 0 aliphatic carbocycles. The van der Waals surface area contributed by atoms with Gasteiger partial charge in [-0.05, 0) is 42.3 Å². The summed E-state index contributed by atoms with van der Waals surface area (Å²) in [5, 5.41) is 6.79. The zero-order chi connectivity index (χ0) is 23.6. The second-order valence-corrected chi connectivity index (χ2v) is 8.09. The molecular weight excluding hydrogens is 442 g/mol. The van der Waals surface area contributed by atoms with E-state index in [4.69, 9.17) is 14.2 Å². The Labute approximate surface area is 197 Å². The summed E-state index contributed by atoms with van der Waals surface area (Å²) < 4.78 is 15.3. The van der Waals surface area contributed by atoms with E-state index < -0.39 is 0 Å². The maximum atomic E-state index is 12.4. The molecule has 3 rings (SSSR count). The second-order valence-electron chi connectivity index (χ2n) is 7.09. The molecule has 0 bridgehead atoms. The summed E-state index contributed by atoms with van der Waals surface area (Å²) in [4.78, 5) is 28.8. The summed E-state index contributed by atoms with van der Waals surface area (Å²) in [6.07, 6.45) is 2.53. The van der Waals surface area contributed by atoms with Crippen molar-refractivity contribution in [1.29, 1.82) is 0 Å². The number of hydrogen-bond acceptors (Lipinski definition) is 8. The molecule has 1 amide bonds. The van der Waals surface area contributed by atoms with Crippen LogP contribution in [0.1, 0.15) is 12.0 Å². The van der Waals surface area contributed by atoms with Crippen LogP contribution < -0.4 is 20.1 Å². The summed E-state index contributed by atoms with van der Waals surface area (Å²) in [6.45, 7) is 0.495. The van der Waals surface area contributed by atoms with Crippen LogP contribution in [0, 0.1) is 0 Å². The van der Waals surface area contributed by atoms with Gasteiger partial charge in [0.1, 0.15) is 0 Å². The van der Waals surface area contributed by atoms with Crippen LogP contribution >= 0.6 is 11.8 Å². The van der Waals surface area contributed by atoms with Crippen molar-refractivity contribution in [3.05, 3.63) is 59.8 Å². The number of rotatable bonds is 9. The fourth-order valence-corrected chi connectivity index (χ4v) is 3.93. The number of hydrogen-bond donors (Lipinski definition) is 2. The van der Waals surface area contributed by atoms with Crippen molar-refractivity contribution in [2.24, 2.45) is 4.99 Å². The van der Waals surface area contributed by atoms with E-state index in [2.05, 4.69) is 15.6 Å². The van der Waals surface area contributed by atoms with Crippen LogP contribution in [0.25, 0.3) is 0 Å². The number of anilines is 1. The summed E-state index contributed by atoms with van der Waals surface area (Å²) in [7, 11) is 4.54. The number of nitrogens with one attached hydrogen (secondary N) is 2. The van der Waals surface area contributed by atoms with E-state index in [0.29, 0.717) is 35.2 Å². The van der Waals surface area contributed by atoms with E-state index in [1.54, 1.807) is 20.3 Å². The van der Waals surface area contributed by atoms with Crippen LogP contribution in [-0.4, -0.2) is 50.5 Å². The molecule has 0 spiro atoms. The molecule has 2 aromatic rings. The Morgan fingerprint density at radius 3 is 2.61 bits per heavy atom. The summed E-state index contributed by atoms with van der Waals surface area (Å²) in [5.74, 6) is 1.07. The predicted octanol–water partition coefficient (Wildman–Crippen LogP) is 3.70. The summed E-state index contributed by atoms with van der Waals surface area (Å²) in [5.41, 5.74) is 3.23. The van der Waals surface area contributed by atoms with Gasteiger partial charge in [0.2, 0.25) is 5.91 Å². The highest BCUT2D eigenvalue weighted by atomic mass is 32.2. The Bertz CT molecular complexity index is 1070. The van der Waals surface area contributed by atoms with Crippen molar-refractivity contribution in [2.75, 3.05) is 38.9 Å². The molecule has 9 heteroatoms. The molecule has 0 atom stereocenters. The Morgan fingerprint density at radius 1 is 1.06 bits per heavy atom. The van der Waals surface area contributed by atoms with Crippen LogP contribution in [0.5, 0.6) is 11.5 Å². The first kappa shape index (κ1) is 24.2. The molecule has 33 heavy (non-hydrogen) atoms. The SMILES string of the molecule is COC(=O)CC1=CC(SCC(=O)NCCc2ccc(OC)c(OC)c2)=Nc2ccccc2N1. The third-order valence-electron chi connectivity index (χ3n) is 4.83. The Balaban J connectivity index is 1.57. The number of amides is 1. The Morgan fingerprint density at radius 2 is 1.85 bits per heavy atom. The molecule has 0 saturated carbocycles. The molecule has 8 nitrogen and oxygen atoms in total. The van der Waals surface area contributed by atoms with Crippen molar-refractivity contribution in [2.45, 2.75) is 12.8 Å². The number of ether oxygens (including phenoxy) is 3. The number of benzene rings is 2. The average Bonchev–Trinajstić information content (AvgIpc) is 3.00. The highest BCUT2D eigenvalue weighted by molar-refractivity contribution is 8.14. The first-order valence-corrected chi connectivity index (χ1v) is 11.3. The number of fused-ring (bicyclic) bond motifs is 1. The Kier molecular flexibility index (Phi) is 8.77. The van der Waals surface area contributed by atoms with Gasteiger partial charge in [-0.3, -0.25) is 9.59 Å². The standard InChI is InChI=1S/C24H27N3O5S/c1-30-20-9-8-16(12-21(20)31-2)10-11-25-22(28)15-33-23-13-17(14-24(29)32-3)26-18-6-4-5-7-19(18)27-23/h4-9,12-13,26H,10-11,14-15H2,1-3H3,(H,25,28). The number of carbonyl (C=O) groups excluding carboxylic acids is 2. The van der Waals surface area contributed by atoms with Gasteiger partial charge in [0.25, 0.3) is 0 Å². The molecule has 1 heterocycles. The van der Waals surface area contributed by atoms with Crippen LogP contribution in [0.4, 0.5) is 11.4 Å². The highest BCUT2D eigenvalue weighted by Crippen LogP contribution is 2.31. The molecule has 0 unspecified atom stereocenters. The van der Waals surface area contributed by atoms with Gasteiger partial charge in [-0.25, -0.2) is 4.99 Å². The van der Waals surface area contributed by atoms with Gasteiger partial charge < -0.3 is 24.8 Å². The lowest BCUT2D eigenvalue weighted by molar-refractivity contribution is -0.139. The van der Waals surface area contributed by atoms with Crippen LogP contribution in [0.3, 0.4) is 0 Å². The van der Waals surface area contributed by atoms with Crippen molar-refractivity contribution in [1.82, 2.24) is 5.32 Å². The molecule has 1 aliphatic rings. The van der Waals surface area contributed by atoms with Gasteiger partial charge in [0, 0.05) is 12.2 Å². The number of aliphatic imine (C=N–C) groups is 1. The van der Waals surface area contributed by atoms with Gasteiger partial charge in [-0.15, -0.1) is 0 Å². The number of carbonyl (C=O) groups is 2. The quantitative estimate of drug-likeness (QED) is 0.541. The van der Waals surface area contributed by atoms with E-state index in [-0.39, 0.29) is 24.1 Å². The van der Waals surface area contributed by atoms with Crippen molar-refractivity contribution < 1.29 is 23.8 Å². The zero-order valence-corrected chi connectivity index (χ0v) is 19.7. The maximum absolute atomic E-state index is 12.4. The molecule has 0 radical (unpaired) electrons. The van der Waals surface area contributed by atoms with Gasteiger partial charge in [0.15, 0.2) is 11.5 Å². The highest BCUT2D eigenvalue weighted by Gasteiger charge is 2.15. The molecule has 1 aliphatic heterocycles. The number of thioether (sulfide) groups is 1. The van der Waals surface area contributed by atoms with Crippen LogP contribution in [-0.2, 0) is 20.7 Å². The maximum Gasteiger partial charge on any atom is 0.311 e. The fraction of sp³-hybridized carbons (Fsp3) is 0.292. The molecule has 0 aromatic heterocycles. The summed E-state index contributed by atoms with van der Waals surface area (Å²) >= 11 is 1.31. The number of para-hydroxylation sites is 2. The number of esters is 1. The topological polar surface area (TPSA) is 98.3 Å². The molecular formula is C24H27N3O5S. The third kappa shape index (κ3) is 7.01. The van der Waals surface area contributed by atoms with E-state index >= 15 is 0 Å². The van der Waals surface area contributed by atoms with Gasteiger partial charge in [-0.2, -0.15) is 0 Å². The first-order chi connectivity index (χ1) is 16.0. The van der Waals surface area contributed by atoms with Gasteiger partial charge in [-0.1, -0.05) is 30.0 Å². The normalized spacial score (nSPS) is 12.3. The van der Waals surface area contributed by atoms with Gasteiger partial charge >= 0.3 is 5.97 Å². The monoisotopic (exact) mass is 469 g/mol. The van der Waals surface area contributed by atoms with E-state index in [1.165, 1.54) is 18.9 Å². The average molecular weight is 470 g/mol. The van der Waals surface area contributed by atoms with E-state index in [1.807, 2.05) is 42.5 Å².